The van der Waals surface area contributed by atoms with Gasteiger partial charge < -0.3 is 21.0 Å². The van der Waals surface area contributed by atoms with Gasteiger partial charge >= 0.3 is 0 Å². The highest BCUT2D eigenvalue weighted by Gasteiger charge is 2.33. The highest BCUT2D eigenvalue weighted by Crippen LogP contribution is 2.18. The van der Waals surface area contributed by atoms with Crippen molar-refractivity contribution in [1.82, 2.24) is 20.2 Å². The molecule has 25 heavy (non-hydrogen) atoms. The van der Waals surface area contributed by atoms with Crippen LogP contribution in [-0.2, 0) is 9.59 Å². The Kier molecular flexibility index (Phi) is 8.93. The molecular weight excluding hydrogens is 340 g/mol. The molecule has 0 spiro atoms. The van der Waals surface area contributed by atoms with E-state index < -0.39 is 6.04 Å². The van der Waals surface area contributed by atoms with E-state index in [-0.39, 0.29) is 18.4 Å². The van der Waals surface area contributed by atoms with Crippen LogP contribution in [0.25, 0.3) is 5.70 Å². The van der Waals surface area contributed by atoms with Crippen LogP contribution in [0.15, 0.2) is 17.8 Å². The Morgan fingerprint density at radius 3 is 2.76 bits per heavy atom. The molecule has 5 N–H and O–H groups in total. The molecule has 9 heteroatoms. The van der Waals surface area contributed by atoms with E-state index in [1.54, 1.807) is 23.5 Å². The van der Waals surface area contributed by atoms with Gasteiger partial charge in [-0.25, -0.2) is 10.8 Å². The number of nitrogens with one attached hydrogen (secondary N) is 1. The molecule has 1 aromatic heterocycles. The lowest BCUT2D eigenvalue weighted by Gasteiger charge is -2.25. The van der Waals surface area contributed by atoms with E-state index in [9.17, 15) is 9.59 Å². The molecule has 0 radical (unpaired) electrons. The van der Waals surface area contributed by atoms with Crippen LogP contribution in [0.2, 0.25) is 0 Å². The van der Waals surface area contributed by atoms with Crippen molar-refractivity contribution in [3.8, 4) is 0 Å². The Hall–Kier alpha value is -2.13. The number of likely N-dealkylation sites (N-methyl/N-ethyl adjacent to an activating group) is 1. The summed E-state index contributed by atoms with van der Waals surface area (Å²) in [6.45, 7) is 4.77. The largest absolute Gasteiger partial charge is 0.395 e. The minimum absolute atomic E-state index is 0.0421. The van der Waals surface area contributed by atoms with Crippen LogP contribution in [0.4, 0.5) is 0 Å². The fraction of sp³-hybridized carbons (Fsp3) is 0.562. The van der Waals surface area contributed by atoms with Gasteiger partial charge in [-0.1, -0.05) is 20.3 Å². The summed E-state index contributed by atoms with van der Waals surface area (Å²) < 4.78 is 0. The highest BCUT2D eigenvalue weighted by molar-refractivity contribution is 7.10. The first kappa shape index (κ1) is 20.9. The zero-order valence-electron chi connectivity index (χ0n) is 15.1. The standard InChI is InChI=1S/C13H20N6O2S.C3H8/c1-16-12(21)10-3-2-5-19(10)11(20)8-18(15)7-9(14)13-17-4-6-22-13;1-3-2/h4,6-7,10H,2-3,5,8,14-15H2,1H3,(H,16,21);3H2,1-2H3/b9-7-;. The van der Waals surface area contributed by atoms with Crippen LogP contribution in [0, 0.1) is 0 Å². The number of nitrogens with two attached hydrogens (primary N) is 2. The summed E-state index contributed by atoms with van der Waals surface area (Å²) in [4.78, 5) is 29.7. The van der Waals surface area contributed by atoms with Crippen molar-refractivity contribution in [3.05, 3.63) is 22.8 Å². The highest BCUT2D eigenvalue weighted by atomic mass is 32.1. The van der Waals surface area contributed by atoms with Crippen molar-refractivity contribution in [1.29, 1.82) is 0 Å². The molecular formula is C16H28N6O2S. The lowest BCUT2D eigenvalue weighted by Crippen LogP contribution is -2.48. The van der Waals surface area contributed by atoms with Crippen molar-refractivity contribution in [3.63, 3.8) is 0 Å². The number of hydrogen-bond acceptors (Lipinski definition) is 7. The van der Waals surface area contributed by atoms with Gasteiger partial charge in [0.1, 0.15) is 17.6 Å². The fourth-order valence-electron chi connectivity index (χ4n) is 2.40. The molecule has 2 amide bonds. The zero-order chi connectivity index (χ0) is 18.8. The first-order valence-corrected chi connectivity index (χ1v) is 9.22. The molecule has 1 unspecified atom stereocenters. The van der Waals surface area contributed by atoms with E-state index in [0.717, 1.165) is 6.42 Å². The third-order valence-electron chi connectivity index (χ3n) is 3.42. The molecule has 2 heterocycles. The average Bonchev–Trinajstić information content (AvgIpc) is 3.26. The van der Waals surface area contributed by atoms with Gasteiger partial charge in [-0.2, -0.15) is 0 Å². The summed E-state index contributed by atoms with van der Waals surface area (Å²) >= 11 is 1.39. The van der Waals surface area contributed by atoms with Crippen LogP contribution >= 0.6 is 11.3 Å². The molecule has 1 fully saturated rings. The Balaban J connectivity index is 0.000000970. The minimum Gasteiger partial charge on any atom is -0.395 e. The van der Waals surface area contributed by atoms with Crippen LogP contribution in [-0.4, -0.2) is 52.9 Å². The SMILES string of the molecule is CCC.CNC(=O)C1CCCN1C(=O)CN(N)/C=C(\N)c1nccs1. The molecule has 1 aliphatic heterocycles. The third-order valence-corrected chi connectivity index (χ3v) is 4.25. The smallest absolute Gasteiger partial charge is 0.244 e. The predicted octanol–water partition coefficient (Wildman–Crippen LogP) is 0.729. The third kappa shape index (κ3) is 6.35. The van der Waals surface area contributed by atoms with Gasteiger partial charge in [-0.3, -0.25) is 9.59 Å². The zero-order valence-corrected chi connectivity index (χ0v) is 15.9. The van der Waals surface area contributed by atoms with Gasteiger partial charge in [-0.15, -0.1) is 11.3 Å². The number of amides is 2. The van der Waals surface area contributed by atoms with Gasteiger partial charge in [0.05, 0.1) is 5.70 Å². The molecule has 0 aliphatic carbocycles. The number of rotatable bonds is 5. The van der Waals surface area contributed by atoms with E-state index in [1.165, 1.54) is 29.0 Å². The van der Waals surface area contributed by atoms with Gasteiger partial charge in [0.15, 0.2) is 0 Å². The summed E-state index contributed by atoms with van der Waals surface area (Å²) in [6.07, 6.45) is 5.85. The second-order valence-corrected chi connectivity index (χ2v) is 6.56. The maximum Gasteiger partial charge on any atom is 0.244 e. The van der Waals surface area contributed by atoms with Gasteiger partial charge in [0, 0.05) is 31.4 Å². The number of hydrazine groups is 1. The molecule has 1 aromatic rings. The average molecular weight is 369 g/mol. The summed E-state index contributed by atoms with van der Waals surface area (Å²) in [5.41, 5.74) is 6.26. The van der Waals surface area contributed by atoms with Gasteiger partial charge in [-0.05, 0) is 12.8 Å². The number of carbonyl (C=O) groups is 2. The van der Waals surface area contributed by atoms with E-state index in [1.807, 2.05) is 0 Å². The number of hydrogen-bond donors (Lipinski definition) is 3. The van der Waals surface area contributed by atoms with Crippen LogP contribution in [0.5, 0.6) is 0 Å². The topological polar surface area (TPSA) is 118 Å². The van der Waals surface area contributed by atoms with Crippen LogP contribution in [0.1, 0.15) is 38.1 Å². The lowest BCUT2D eigenvalue weighted by atomic mass is 10.2. The first-order valence-electron chi connectivity index (χ1n) is 8.34. The monoisotopic (exact) mass is 368 g/mol. The van der Waals surface area contributed by atoms with Crippen molar-refractivity contribution in [2.45, 2.75) is 39.2 Å². The predicted molar refractivity (Wildman–Crippen MR) is 99.9 cm³/mol. The normalized spacial score (nSPS) is 16.9. The Morgan fingerprint density at radius 2 is 2.20 bits per heavy atom. The minimum atomic E-state index is -0.411. The van der Waals surface area contributed by atoms with Crippen LogP contribution in [0.3, 0.4) is 0 Å². The molecule has 8 nitrogen and oxygen atoms in total. The number of carbonyl (C=O) groups excluding carboxylic acids is 2. The maximum absolute atomic E-state index is 12.3. The van der Waals surface area contributed by atoms with E-state index >= 15 is 0 Å². The van der Waals surface area contributed by atoms with E-state index in [4.69, 9.17) is 11.6 Å². The summed E-state index contributed by atoms with van der Waals surface area (Å²) in [6, 6.07) is -0.411. The van der Waals surface area contributed by atoms with Crippen molar-refractivity contribution >= 4 is 28.8 Å². The van der Waals surface area contributed by atoms with E-state index in [0.29, 0.717) is 23.7 Å². The van der Waals surface area contributed by atoms with Crippen molar-refractivity contribution < 1.29 is 9.59 Å². The van der Waals surface area contributed by atoms with Gasteiger partial charge in [0.2, 0.25) is 11.8 Å². The Bertz CT molecular complexity index is 575. The number of aromatic nitrogens is 1. The fourth-order valence-corrected chi connectivity index (χ4v) is 2.96. The van der Waals surface area contributed by atoms with Crippen molar-refractivity contribution in [2.75, 3.05) is 20.1 Å². The second kappa shape index (κ2) is 10.7. The number of likely N-dealkylation sites (tertiary alicyclic amines) is 1. The summed E-state index contributed by atoms with van der Waals surface area (Å²) in [7, 11) is 1.57. The molecule has 0 saturated carbocycles. The maximum atomic E-state index is 12.3. The summed E-state index contributed by atoms with van der Waals surface area (Å²) in [5.74, 6) is 5.47. The van der Waals surface area contributed by atoms with Crippen molar-refractivity contribution in [2.24, 2.45) is 11.6 Å². The van der Waals surface area contributed by atoms with E-state index in [2.05, 4.69) is 24.1 Å². The van der Waals surface area contributed by atoms with Crippen LogP contribution < -0.4 is 16.9 Å². The molecule has 1 saturated heterocycles. The molecule has 0 aromatic carbocycles. The number of nitrogens with zero attached hydrogens (tertiary/aromatic N) is 3. The Morgan fingerprint density at radius 1 is 1.52 bits per heavy atom. The Labute approximate surface area is 152 Å². The molecule has 1 aliphatic rings. The molecule has 0 bridgehead atoms. The molecule has 140 valence electrons. The quantitative estimate of drug-likeness (QED) is 0.521. The van der Waals surface area contributed by atoms with Gasteiger partial charge in [0.25, 0.3) is 0 Å². The second-order valence-electron chi connectivity index (χ2n) is 5.66. The summed E-state index contributed by atoms with van der Waals surface area (Å²) in [5, 5.41) is 6.25. The molecule has 2 rings (SSSR count). The lowest BCUT2D eigenvalue weighted by molar-refractivity contribution is -0.138. The first-order chi connectivity index (χ1) is 11.9. The number of thiazole rings is 1. The molecule has 1 atom stereocenters.